The Hall–Kier alpha value is -3.16. The molecule has 4 rings (SSSR count). The van der Waals surface area contributed by atoms with Gasteiger partial charge in [-0.3, -0.25) is 4.79 Å². The molecule has 0 saturated carbocycles. The maximum absolute atomic E-state index is 11.2. The van der Waals surface area contributed by atoms with Gasteiger partial charge in [-0.2, -0.15) is 0 Å². The van der Waals surface area contributed by atoms with E-state index in [1.54, 1.807) is 6.20 Å². The number of H-pyrrole nitrogens is 1. The molecule has 3 heterocycles. The first-order chi connectivity index (χ1) is 12.5. The number of hydrogen-bond donors (Lipinski definition) is 3. The van der Waals surface area contributed by atoms with Gasteiger partial charge in [-0.15, -0.1) is 0 Å². The van der Waals surface area contributed by atoms with Gasteiger partial charge in [0.2, 0.25) is 5.91 Å². The predicted molar refractivity (Wildman–Crippen MR) is 103 cm³/mol. The third-order valence-electron chi connectivity index (χ3n) is 4.57. The molecule has 0 spiro atoms. The fourth-order valence-corrected chi connectivity index (χ4v) is 3.32. The maximum atomic E-state index is 11.2. The molecular weight excluding hydrogens is 330 g/mol. The monoisotopic (exact) mass is 353 g/mol. The molecule has 4 N–H and O–H groups in total. The van der Waals surface area contributed by atoms with E-state index < -0.39 is 0 Å². The molecule has 1 aliphatic rings. The number of carbonyl (C=O) groups excluding carboxylic acids is 1. The van der Waals surface area contributed by atoms with Crippen LogP contribution in [0.3, 0.4) is 0 Å². The maximum Gasteiger partial charge on any atom is 0.217 e. The zero-order chi connectivity index (χ0) is 18.3. The molecule has 136 valence electrons. The van der Waals surface area contributed by atoms with Crippen molar-refractivity contribution in [1.29, 1.82) is 0 Å². The number of imidazole rings is 1. The summed E-state index contributed by atoms with van der Waals surface area (Å²) >= 11 is 0. The molecule has 8 heteroatoms. The smallest absolute Gasteiger partial charge is 0.217 e. The van der Waals surface area contributed by atoms with Gasteiger partial charge >= 0.3 is 0 Å². The molecule has 1 saturated heterocycles. The second kappa shape index (κ2) is 6.29. The van der Waals surface area contributed by atoms with Gasteiger partial charge in [-0.1, -0.05) is 6.07 Å². The fourth-order valence-electron chi connectivity index (χ4n) is 3.32. The van der Waals surface area contributed by atoms with Crippen LogP contribution in [0.15, 0.2) is 24.4 Å². The van der Waals surface area contributed by atoms with E-state index in [2.05, 4.69) is 30.2 Å². The number of nitrogen functional groups attached to an aromatic ring is 1. The fraction of sp³-hybridized carbons (Fsp3) is 0.333. The van der Waals surface area contributed by atoms with Gasteiger partial charge in [0.05, 0.1) is 17.2 Å². The molecule has 26 heavy (non-hydrogen) atoms. The van der Waals surface area contributed by atoms with Crippen LogP contribution < -0.4 is 16.0 Å². The minimum atomic E-state index is -0.0153. The summed E-state index contributed by atoms with van der Waals surface area (Å²) in [4.78, 5) is 30.2. The van der Waals surface area contributed by atoms with Crippen LogP contribution in [0.2, 0.25) is 0 Å². The molecule has 0 bridgehead atoms. The molecule has 2 aromatic heterocycles. The number of amides is 1. The lowest BCUT2D eigenvalue weighted by Crippen LogP contribution is -2.35. The van der Waals surface area contributed by atoms with Crippen molar-refractivity contribution in [1.82, 2.24) is 25.3 Å². The number of nitrogens with two attached hydrogens (primary N) is 1. The molecule has 1 aromatic carbocycles. The number of anilines is 2. The Bertz CT molecular complexity index is 987. The molecule has 0 unspecified atom stereocenters. The minimum Gasteiger partial charge on any atom is -0.382 e. The number of aromatic nitrogens is 4. The standard InChI is InChI=1S/C18H21N7O.H2/c1-10-3-4-13-14(7-10)23-18(22-13)16-17(19)20-8-15(24-16)25-6-5-12(9-25)21-11(2)26;/h3-4,7-8,12H,5-6,9H2,1-2H3,(H2,19,20)(H,21,26)(H,22,23);1H/t12-;/m1./s1. The van der Waals surface area contributed by atoms with Crippen LogP contribution in [0, 0.1) is 6.92 Å². The number of aromatic amines is 1. The van der Waals surface area contributed by atoms with E-state index in [0.717, 1.165) is 35.4 Å². The van der Waals surface area contributed by atoms with Crippen molar-refractivity contribution in [3.05, 3.63) is 30.0 Å². The average Bonchev–Trinajstić information content (AvgIpc) is 3.21. The molecule has 0 radical (unpaired) electrons. The summed E-state index contributed by atoms with van der Waals surface area (Å²) < 4.78 is 0. The minimum absolute atomic E-state index is 0. The molecule has 1 atom stereocenters. The topological polar surface area (TPSA) is 113 Å². The Morgan fingerprint density at radius 1 is 1.42 bits per heavy atom. The van der Waals surface area contributed by atoms with Gasteiger partial charge in [0.1, 0.15) is 5.82 Å². The zero-order valence-corrected chi connectivity index (χ0v) is 14.8. The first-order valence-electron chi connectivity index (χ1n) is 8.61. The van der Waals surface area contributed by atoms with Crippen LogP contribution in [0.5, 0.6) is 0 Å². The summed E-state index contributed by atoms with van der Waals surface area (Å²) in [5, 5.41) is 2.95. The van der Waals surface area contributed by atoms with Crippen LogP contribution in [0.1, 0.15) is 20.3 Å². The van der Waals surface area contributed by atoms with Crippen molar-refractivity contribution in [2.45, 2.75) is 26.3 Å². The lowest BCUT2D eigenvalue weighted by molar-refractivity contribution is -0.119. The molecule has 1 amide bonds. The van der Waals surface area contributed by atoms with Crippen molar-refractivity contribution in [3.8, 4) is 11.5 Å². The van der Waals surface area contributed by atoms with E-state index in [-0.39, 0.29) is 13.4 Å². The Labute approximate surface area is 152 Å². The number of carbonyl (C=O) groups is 1. The van der Waals surface area contributed by atoms with E-state index in [1.807, 2.05) is 25.1 Å². The first-order valence-corrected chi connectivity index (χ1v) is 8.61. The van der Waals surface area contributed by atoms with Crippen molar-refractivity contribution >= 4 is 28.6 Å². The number of aryl methyl sites for hydroxylation is 1. The van der Waals surface area contributed by atoms with E-state index in [4.69, 9.17) is 5.73 Å². The Morgan fingerprint density at radius 2 is 2.27 bits per heavy atom. The van der Waals surface area contributed by atoms with E-state index in [0.29, 0.717) is 23.9 Å². The molecule has 8 nitrogen and oxygen atoms in total. The zero-order valence-electron chi connectivity index (χ0n) is 14.8. The third-order valence-corrected chi connectivity index (χ3v) is 4.57. The highest BCUT2D eigenvalue weighted by Gasteiger charge is 2.25. The predicted octanol–water partition coefficient (Wildman–Crippen LogP) is 1.87. The van der Waals surface area contributed by atoms with Crippen molar-refractivity contribution in [2.75, 3.05) is 23.7 Å². The highest BCUT2D eigenvalue weighted by Crippen LogP contribution is 2.26. The summed E-state index contributed by atoms with van der Waals surface area (Å²) in [6.07, 6.45) is 2.55. The highest BCUT2D eigenvalue weighted by atomic mass is 16.1. The van der Waals surface area contributed by atoms with Crippen molar-refractivity contribution in [2.24, 2.45) is 0 Å². The summed E-state index contributed by atoms with van der Waals surface area (Å²) in [5.74, 6) is 1.66. The number of rotatable bonds is 3. The van der Waals surface area contributed by atoms with Crippen molar-refractivity contribution < 1.29 is 6.22 Å². The van der Waals surface area contributed by atoms with Gasteiger partial charge in [-0.25, -0.2) is 15.0 Å². The van der Waals surface area contributed by atoms with Gasteiger partial charge in [0, 0.05) is 27.5 Å². The van der Waals surface area contributed by atoms with E-state index >= 15 is 0 Å². The van der Waals surface area contributed by atoms with Crippen LogP contribution in [-0.4, -0.2) is 45.0 Å². The lowest BCUT2D eigenvalue weighted by atomic mass is 10.2. The van der Waals surface area contributed by atoms with Crippen LogP contribution in [0.4, 0.5) is 11.6 Å². The van der Waals surface area contributed by atoms with Gasteiger partial charge in [0.15, 0.2) is 17.3 Å². The summed E-state index contributed by atoms with van der Waals surface area (Å²) in [6.45, 7) is 5.08. The van der Waals surface area contributed by atoms with E-state index in [9.17, 15) is 4.79 Å². The Balaban J connectivity index is 0.00000210. The summed E-state index contributed by atoms with van der Waals surface area (Å²) in [6, 6.07) is 6.16. The Kier molecular flexibility index (Phi) is 3.95. The van der Waals surface area contributed by atoms with E-state index in [1.165, 1.54) is 6.92 Å². The second-order valence-electron chi connectivity index (χ2n) is 6.70. The first kappa shape index (κ1) is 16.3. The lowest BCUT2D eigenvalue weighted by Gasteiger charge is -2.18. The van der Waals surface area contributed by atoms with Crippen LogP contribution in [0.25, 0.3) is 22.6 Å². The van der Waals surface area contributed by atoms with Gasteiger partial charge in [0.25, 0.3) is 0 Å². The average molecular weight is 353 g/mol. The number of nitrogens with one attached hydrogen (secondary N) is 2. The SMILES string of the molecule is CC(=O)N[C@@H]1CCN(c2cnc(N)c(-c3nc4ccc(C)cc4[nH]3)n2)C1.[HH]. The molecule has 0 aliphatic carbocycles. The molecule has 3 aromatic rings. The third kappa shape index (κ3) is 3.05. The molecular formula is C18H23N7O. The molecule has 1 aliphatic heterocycles. The number of fused-ring (bicyclic) bond motifs is 1. The van der Waals surface area contributed by atoms with Crippen LogP contribution >= 0.6 is 0 Å². The van der Waals surface area contributed by atoms with Crippen molar-refractivity contribution in [3.63, 3.8) is 0 Å². The van der Waals surface area contributed by atoms with Gasteiger partial charge in [-0.05, 0) is 31.0 Å². The number of hydrogen-bond acceptors (Lipinski definition) is 6. The highest BCUT2D eigenvalue weighted by molar-refractivity contribution is 5.81. The quantitative estimate of drug-likeness (QED) is 0.662. The van der Waals surface area contributed by atoms with Crippen LogP contribution in [-0.2, 0) is 4.79 Å². The Morgan fingerprint density at radius 3 is 3.08 bits per heavy atom. The summed E-state index contributed by atoms with van der Waals surface area (Å²) in [7, 11) is 0. The second-order valence-corrected chi connectivity index (χ2v) is 6.70. The van der Waals surface area contributed by atoms with Gasteiger partial charge < -0.3 is 20.9 Å². The number of benzene rings is 1. The normalized spacial score (nSPS) is 17.0. The largest absolute Gasteiger partial charge is 0.382 e. The summed E-state index contributed by atoms with van der Waals surface area (Å²) in [5.41, 5.74) is 9.56. The number of nitrogens with zero attached hydrogens (tertiary/aromatic N) is 4. The molecule has 1 fully saturated rings.